The summed E-state index contributed by atoms with van der Waals surface area (Å²) >= 11 is 0. The van der Waals surface area contributed by atoms with Crippen molar-refractivity contribution >= 4 is 12.6 Å². The highest BCUT2D eigenvalue weighted by molar-refractivity contribution is 6.62. The van der Waals surface area contributed by atoms with Crippen LogP contribution in [0.4, 0.5) is 4.39 Å². The number of ether oxygens (including phenoxy) is 1. The van der Waals surface area contributed by atoms with Crippen molar-refractivity contribution in [2.24, 2.45) is 0 Å². The molecule has 0 spiro atoms. The molecular formula is C15H22BFO3. The molecule has 1 saturated heterocycles. The number of halogens is 1. The lowest BCUT2D eigenvalue weighted by atomic mass is 9.76. The molecule has 0 N–H and O–H groups in total. The van der Waals surface area contributed by atoms with E-state index in [1.165, 1.54) is 12.1 Å². The Labute approximate surface area is 120 Å². The maximum Gasteiger partial charge on any atom is 0.495 e. The molecule has 5 heteroatoms. The van der Waals surface area contributed by atoms with Crippen molar-refractivity contribution < 1.29 is 18.4 Å². The Bertz CT molecular complexity index is 472. The van der Waals surface area contributed by atoms with Crippen LogP contribution in [0.2, 0.25) is 0 Å². The van der Waals surface area contributed by atoms with Crippen molar-refractivity contribution in [1.29, 1.82) is 0 Å². The summed E-state index contributed by atoms with van der Waals surface area (Å²) in [7, 11) is -0.564. The van der Waals surface area contributed by atoms with E-state index >= 15 is 0 Å². The molecule has 110 valence electrons. The summed E-state index contributed by atoms with van der Waals surface area (Å²) in [5.74, 6) is -0.296. The quantitative estimate of drug-likeness (QED) is 0.794. The fourth-order valence-corrected chi connectivity index (χ4v) is 2.10. The summed E-state index contributed by atoms with van der Waals surface area (Å²) in [5.41, 5.74) is 0.726. The van der Waals surface area contributed by atoms with E-state index in [4.69, 9.17) is 14.0 Å². The molecule has 0 unspecified atom stereocenters. The Morgan fingerprint density at radius 2 is 1.75 bits per heavy atom. The van der Waals surface area contributed by atoms with Gasteiger partial charge in [0.25, 0.3) is 0 Å². The van der Waals surface area contributed by atoms with Gasteiger partial charge in [0.05, 0.1) is 17.8 Å². The van der Waals surface area contributed by atoms with Crippen molar-refractivity contribution in [3.63, 3.8) is 0 Å². The zero-order valence-electron chi connectivity index (χ0n) is 12.8. The smallest absolute Gasteiger partial charge is 0.399 e. The monoisotopic (exact) mass is 280 g/mol. The minimum atomic E-state index is -0.564. The molecule has 1 aromatic rings. The summed E-state index contributed by atoms with van der Waals surface area (Å²) in [4.78, 5) is 0. The average molecular weight is 280 g/mol. The Balaban J connectivity index is 2.31. The molecule has 0 aromatic heterocycles. The first-order valence-electron chi connectivity index (χ1n) is 6.98. The van der Waals surface area contributed by atoms with Crippen LogP contribution in [-0.2, 0) is 20.7 Å². The summed E-state index contributed by atoms with van der Waals surface area (Å²) in [6.45, 7) is 10.9. The van der Waals surface area contributed by atoms with Gasteiger partial charge < -0.3 is 14.0 Å². The van der Waals surface area contributed by atoms with E-state index in [1.54, 1.807) is 6.07 Å². The fourth-order valence-electron chi connectivity index (χ4n) is 2.10. The zero-order valence-corrected chi connectivity index (χ0v) is 12.8. The molecular weight excluding hydrogens is 258 g/mol. The number of benzene rings is 1. The number of hydrogen-bond donors (Lipinski definition) is 0. The van der Waals surface area contributed by atoms with Gasteiger partial charge in [-0.25, -0.2) is 4.39 Å². The maximum atomic E-state index is 13.6. The van der Waals surface area contributed by atoms with Gasteiger partial charge in [-0.1, -0.05) is 6.07 Å². The summed E-state index contributed by atoms with van der Waals surface area (Å²) in [5, 5.41) is 0. The van der Waals surface area contributed by atoms with Crippen LogP contribution in [0.3, 0.4) is 0 Å². The molecule has 1 fully saturated rings. The van der Waals surface area contributed by atoms with Gasteiger partial charge in [0.2, 0.25) is 0 Å². The third-order valence-corrected chi connectivity index (χ3v) is 4.08. The lowest BCUT2D eigenvalue weighted by Crippen LogP contribution is -2.41. The molecule has 1 heterocycles. The van der Waals surface area contributed by atoms with E-state index in [-0.39, 0.29) is 5.82 Å². The van der Waals surface area contributed by atoms with Crippen LogP contribution < -0.4 is 5.46 Å². The zero-order chi connectivity index (χ0) is 15.0. The first kappa shape index (κ1) is 15.5. The van der Waals surface area contributed by atoms with Crippen LogP contribution >= 0.6 is 0 Å². The van der Waals surface area contributed by atoms with Gasteiger partial charge >= 0.3 is 7.12 Å². The van der Waals surface area contributed by atoms with E-state index in [9.17, 15) is 4.39 Å². The second-order valence-electron chi connectivity index (χ2n) is 6.07. The van der Waals surface area contributed by atoms with Gasteiger partial charge in [0.1, 0.15) is 5.82 Å². The third-order valence-electron chi connectivity index (χ3n) is 4.08. The molecule has 0 atom stereocenters. The van der Waals surface area contributed by atoms with E-state index < -0.39 is 18.3 Å². The predicted octanol–water partition coefficient (Wildman–Crippen LogP) is 2.66. The van der Waals surface area contributed by atoms with Crippen LogP contribution in [0.15, 0.2) is 18.2 Å². The Morgan fingerprint density at radius 3 is 2.30 bits per heavy atom. The van der Waals surface area contributed by atoms with E-state index in [0.717, 1.165) is 5.56 Å². The second-order valence-corrected chi connectivity index (χ2v) is 6.07. The highest BCUT2D eigenvalue weighted by Gasteiger charge is 2.52. The van der Waals surface area contributed by atoms with Crippen molar-refractivity contribution in [2.45, 2.75) is 52.4 Å². The molecule has 0 aliphatic carbocycles. The van der Waals surface area contributed by atoms with Gasteiger partial charge in [0.15, 0.2) is 0 Å². The molecule has 0 saturated carbocycles. The highest BCUT2D eigenvalue weighted by Crippen LogP contribution is 2.36. The fraction of sp³-hybridized carbons (Fsp3) is 0.600. The minimum Gasteiger partial charge on any atom is -0.399 e. The van der Waals surface area contributed by atoms with E-state index in [1.807, 2.05) is 34.6 Å². The maximum absolute atomic E-state index is 13.6. The number of hydrogen-bond acceptors (Lipinski definition) is 3. The molecule has 0 amide bonds. The van der Waals surface area contributed by atoms with Crippen LogP contribution in [0, 0.1) is 5.82 Å². The van der Waals surface area contributed by atoms with Crippen LogP contribution in [0.5, 0.6) is 0 Å². The molecule has 0 radical (unpaired) electrons. The molecule has 20 heavy (non-hydrogen) atoms. The summed E-state index contributed by atoms with van der Waals surface area (Å²) < 4.78 is 30.9. The van der Waals surface area contributed by atoms with Crippen molar-refractivity contribution in [2.75, 3.05) is 6.61 Å². The van der Waals surface area contributed by atoms with Crippen LogP contribution in [0.1, 0.15) is 40.2 Å². The summed E-state index contributed by atoms with van der Waals surface area (Å²) in [6.07, 6.45) is 0. The van der Waals surface area contributed by atoms with Gasteiger partial charge in [-0.05, 0) is 57.8 Å². The van der Waals surface area contributed by atoms with Gasteiger partial charge in [0, 0.05) is 6.61 Å². The second kappa shape index (κ2) is 5.47. The van der Waals surface area contributed by atoms with Crippen molar-refractivity contribution in [3.8, 4) is 0 Å². The topological polar surface area (TPSA) is 27.7 Å². The molecule has 1 aromatic carbocycles. The van der Waals surface area contributed by atoms with E-state index in [2.05, 4.69) is 0 Å². The van der Waals surface area contributed by atoms with Crippen LogP contribution in [-0.4, -0.2) is 24.9 Å². The Hall–Kier alpha value is -0.905. The third kappa shape index (κ3) is 2.90. The molecule has 1 aliphatic rings. The van der Waals surface area contributed by atoms with E-state index in [0.29, 0.717) is 18.7 Å². The number of rotatable bonds is 4. The van der Waals surface area contributed by atoms with Gasteiger partial charge in [-0.15, -0.1) is 0 Å². The van der Waals surface area contributed by atoms with Gasteiger partial charge in [-0.2, -0.15) is 0 Å². The van der Waals surface area contributed by atoms with Gasteiger partial charge in [-0.3, -0.25) is 0 Å². The highest BCUT2D eigenvalue weighted by atomic mass is 19.1. The first-order chi connectivity index (χ1) is 9.27. The Kier molecular flexibility index (Phi) is 4.23. The van der Waals surface area contributed by atoms with Crippen molar-refractivity contribution in [3.05, 3.63) is 29.6 Å². The lowest BCUT2D eigenvalue weighted by molar-refractivity contribution is 0.00578. The standard InChI is InChI=1S/C15H22BFO3/c1-6-18-10-11-7-8-12(17)9-13(11)16-19-14(2,3)15(4,5)20-16/h7-9H,6,10H2,1-5H3. The van der Waals surface area contributed by atoms with Crippen LogP contribution in [0.25, 0.3) is 0 Å². The largest absolute Gasteiger partial charge is 0.495 e. The van der Waals surface area contributed by atoms with Crippen molar-refractivity contribution in [1.82, 2.24) is 0 Å². The molecule has 3 nitrogen and oxygen atoms in total. The minimum absolute atomic E-state index is 0.296. The molecule has 2 rings (SSSR count). The molecule has 0 bridgehead atoms. The summed E-state index contributed by atoms with van der Waals surface area (Å²) in [6, 6.07) is 4.63. The lowest BCUT2D eigenvalue weighted by Gasteiger charge is -2.32. The SMILES string of the molecule is CCOCc1ccc(F)cc1B1OC(C)(C)C(C)(C)O1. The first-order valence-corrected chi connectivity index (χ1v) is 6.98. The Morgan fingerprint density at radius 1 is 1.15 bits per heavy atom. The predicted molar refractivity (Wildman–Crippen MR) is 77.4 cm³/mol. The normalized spacial score (nSPS) is 20.4. The average Bonchev–Trinajstić information content (AvgIpc) is 2.57. The molecule has 1 aliphatic heterocycles.